The quantitative estimate of drug-likeness (QED) is 0.415. The molecule has 0 radical (unpaired) electrons. The van der Waals surface area contributed by atoms with Crippen molar-refractivity contribution >= 4 is 11.7 Å². The number of Topliss-reactive ketones (excluding diaryl/α,β-unsaturated/α-hetero) is 1. The molecule has 5 rings (SSSR count). The molecule has 1 aliphatic heterocycles. The summed E-state index contributed by atoms with van der Waals surface area (Å²) < 4.78 is 68.9. The molecule has 0 spiro atoms. The van der Waals surface area contributed by atoms with Crippen LogP contribution in [0.3, 0.4) is 0 Å². The fourth-order valence-electron chi connectivity index (χ4n) is 7.04. The zero-order valence-electron chi connectivity index (χ0n) is 21.6. The summed E-state index contributed by atoms with van der Waals surface area (Å²) >= 11 is 0. The largest absolute Gasteiger partial charge is 0.426 e. The highest BCUT2D eigenvalue weighted by molar-refractivity contribution is 5.85. The Bertz CT molecular complexity index is 1240. The fraction of sp³-hybridized carbons (Fsp3) is 0.533. The number of benzene rings is 2. The molecule has 1 saturated heterocycles. The summed E-state index contributed by atoms with van der Waals surface area (Å²) in [7, 11) is 0. The molecule has 3 nitrogen and oxygen atoms in total. The summed E-state index contributed by atoms with van der Waals surface area (Å²) in [6.45, 7) is 2.97. The lowest BCUT2D eigenvalue weighted by molar-refractivity contribution is -0.228. The van der Waals surface area contributed by atoms with Crippen LogP contribution in [0.25, 0.3) is 0 Å². The highest BCUT2D eigenvalue weighted by Gasteiger charge is 2.56. The van der Waals surface area contributed by atoms with Crippen LogP contribution < -0.4 is 0 Å². The number of alkyl halides is 4. The van der Waals surface area contributed by atoms with Gasteiger partial charge in [-0.15, -0.1) is 0 Å². The summed E-state index contributed by atoms with van der Waals surface area (Å²) in [4.78, 5) is 27.7. The van der Waals surface area contributed by atoms with Crippen LogP contribution in [0.5, 0.6) is 0 Å². The van der Waals surface area contributed by atoms with E-state index in [1.54, 1.807) is 18.2 Å². The molecule has 2 aromatic carbocycles. The molecule has 2 aliphatic carbocycles. The highest BCUT2D eigenvalue weighted by atomic mass is 19.4. The molecule has 1 saturated carbocycles. The minimum absolute atomic E-state index is 0.0319. The van der Waals surface area contributed by atoms with Crippen LogP contribution in [0.2, 0.25) is 0 Å². The van der Waals surface area contributed by atoms with Crippen molar-refractivity contribution in [3.05, 3.63) is 70.5 Å². The van der Waals surface area contributed by atoms with Gasteiger partial charge in [0, 0.05) is 36.8 Å². The van der Waals surface area contributed by atoms with Gasteiger partial charge >= 0.3 is 6.18 Å². The number of likely N-dealkylation sites (tertiary alicyclic amines) is 1. The van der Waals surface area contributed by atoms with Crippen LogP contribution in [-0.4, -0.2) is 35.4 Å². The zero-order valence-corrected chi connectivity index (χ0v) is 21.6. The number of aryl methyl sites for hydroxylation is 1. The highest BCUT2D eigenvalue weighted by Crippen LogP contribution is 2.51. The number of nitrogens with zero attached hydrogens (tertiary/aromatic N) is 1. The summed E-state index contributed by atoms with van der Waals surface area (Å²) in [5.41, 5.74) is -2.12. The van der Waals surface area contributed by atoms with E-state index in [1.165, 1.54) is 24.3 Å². The lowest BCUT2D eigenvalue weighted by Crippen LogP contribution is -2.51. The van der Waals surface area contributed by atoms with Gasteiger partial charge in [0.25, 0.3) is 0 Å². The van der Waals surface area contributed by atoms with E-state index in [0.717, 1.165) is 11.1 Å². The Hall–Kier alpha value is -2.77. The number of carbonyl (C=O) groups is 2. The monoisotopic (exact) mass is 533 g/mol. The number of hydrogen-bond donors (Lipinski definition) is 0. The van der Waals surface area contributed by atoms with E-state index in [2.05, 4.69) is 0 Å². The van der Waals surface area contributed by atoms with Crippen molar-refractivity contribution < 1.29 is 31.5 Å². The second-order valence-corrected chi connectivity index (χ2v) is 11.5. The van der Waals surface area contributed by atoms with E-state index < -0.39 is 22.8 Å². The van der Waals surface area contributed by atoms with E-state index in [9.17, 15) is 31.5 Å². The normalized spacial score (nSPS) is 29.0. The van der Waals surface area contributed by atoms with E-state index >= 15 is 0 Å². The zero-order chi connectivity index (χ0) is 27.5. The first-order valence-electron chi connectivity index (χ1n) is 13.3. The SMILES string of the molecule is C[C@@H]1CC(=O)CC[C@H]1C(=O)N1CC[C@@]2(Cc3ccc(F)cc3)c3ccc(C(C)(F)C(F)(F)F)cc3CC[C@@H]12. The molecule has 0 aromatic heterocycles. The predicted molar refractivity (Wildman–Crippen MR) is 133 cm³/mol. The molecular formula is C30H32F5NO2. The third-order valence-electron chi connectivity index (χ3n) is 9.22. The summed E-state index contributed by atoms with van der Waals surface area (Å²) in [5.74, 6) is -0.440. The van der Waals surface area contributed by atoms with Gasteiger partial charge in [0.2, 0.25) is 11.6 Å². The molecule has 1 heterocycles. The number of fused-ring (bicyclic) bond motifs is 3. The van der Waals surface area contributed by atoms with Gasteiger partial charge in [-0.2, -0.15) is 13.2 Å². The fourth-order valence-corrected chi connectivity index (χ4v) is 7.04. The number of hydrogen-bond acceptors (Lipinski definition) is 2. The minimum Gasteiger partial charge on any atom is -0.339 e. The average molecular weight is 534 g/mol. The number of carbonyl (C=O) groups excluding carboxylic acids is 2. The van der Waals surface area contributed by atoms with Crippen LogP contribution in [-0.2, 0) is 33.5 Å². The van der Waals surface area contributed by atoms with Crippen molar-refractivity contribution in [1.29, 1.82) is 0 Å². The van der Waals surface area contributed by atoms with Crippen LogP contribution >= 0.6 is 0 Å². The van der Waals surface area contributed by atoms with E-state index in [1.807, 2.05) is 11.8 Å². The van der Waals surface area contributed by atoms with Gasteiger partial charge in [-0.1, -0.05) is 37.3 Å². The van der Waals surface area contributed by atoms with Gasteiger partial charge in [-0.25, -0.2) is 8.78 Å². The standard InChI is InChI=1S/C30H32F5NO2/c1-18-15-23(37)9-10-24(18)27(38)36-14-13-29(17-19-3-7-22(31)8-4-19)25-11-6-21(28(2,32)30(33,34)35)16-20(25)5-12-26(29)36/h3-4,6-8,11,16,18,24,26H,5,9-10,12-15,17H2,1-2H3/t18-,24-,26-,28?,29-/m1/s1. The summed E-state index contributed by atoms with van der Waals surface area (Å²) in [6, 6.07) is 10.1. The number of rotatable bonds is 4. The van der Waals surface area contributed by atoms with Crippen molar-refractivity contribution in [2.45, 2.75) is 82.1 Å². The van der Waals surface area contributed by atoms with Crippen molar-refractivity contribution in [3.63, 3.8) is 0 Å². The van der Waals surface area contributed by atoms with Crippen LogP contribution in [0, 0.1) is 17.7 Å². The first-order chi connectivity index (χ1) is 17.8. The van der Waals surface area contributed by atoms with Crippen molar-refractivity contribution in [2.75, 3.05) is 6.54 Å². The Kier molecular flexibility index (Phi) is 6.67. The van der Waals surface area contributed by atoms with E-state index in [4.69, 9.17) is 0 Å². The predicted octanol–water partition coefficient (Wildman–Crippen LogP) is 6.61. The molecule has 2 aromatic rings. The third kappa shape index (κ3) is 4.43. The molecule has 0 bridgehead atoms. The third-order valence-corrected chi connectivity index (χ3v) is 9.22. The first kappa shape index (κ1) is 26.8. The number of halogens is 5. The molecule has 38 heavy (non-hydrogen) atoms. The van der Waals surface area contributed by atoms with Crippen molar-refractivity contribution in [1.82, 2.24) is 4.90 Å². The first-order valence-corrected chi connectivity index (χ1v) is 13.3. The molecular weight excluding hydrogens is 501 g/mol. The topological polar surface area (TPSA) is 37.4 Å². The summed E-state index contributed by atoms with van der Waals surface area (Å²) in [6.07, 6.45) is -1.68. The van der Waals surface area contributed by atoms with Gasteiger partial charge in [-0.3, -0.25) is 9.59 Å². The maximum absolute atomic E-state index is 14.8. The Balaban J connectivity index is 1.54. The maximum atomic E-state index is 14.8. The number of ketones is 1. The van der Waals surface area contributed by atoms with Crippen LogP contribution in [0.4, 0.5) is 22.0 Å². The van der Waals surface area contributed by atoms with E-state index in [0.29, 0.717) is 64.0 Å². The second-order valence-electron chi connectivity index (χ2n) is 11.5. The minimum atomic E-state index is -5.04. The molecule has 1 amide bonds. The average Bonchev–Trinajstić information content (AvgIpc) is 3.23. The lowest BCUT2D eigenvalue weighted by Gasteiger charge is -2.45. The smallest absolute Gasteiger partial charge is 0.339 e. The van der Waals surface area contributed by atoms with Crippen LogP contribution in [0.15, 0.2) is 42.5 Å². The molecule has 0 N–H and O–H groups in total. The molecule has 5 atom stereocenters. The Morgan fingerprint density at radius 1 is 1.05 bits per heavy atom. The van der Waals surface area contributed by atoms with Gasteiger partial charge in [0.05, 0.1) is 0 Å². The Morgan fingerprint density at radius 2 is 1.76 bits per heavy atom. The van der Waals surface area contributed by atoms with Crippen molar-refractivity contribution in [3.8, 4) is 0 Å². The van der Waals surface area contributed by atoms with Gasteiger partial charge in [0.15, 0.2) is 0 Å². The van der Waals surface area contributed by atoms with Gasteiger partial charge < -0.3 is 4.90 Å². The van der Waals surface area contributed by atoms with Crippen molar-refractivity contribution in [2.24, 2.45) is 11.8 Å². The molecule has 3 aliphatic rings. The van der Waals surface area contributed by atoms with E-state index in [-0.39, 0.29) is 35.4 Å². The maximum Gasteiger partial charge on any atom is 0.426 e. The Morgan fingerprint density at radius 3 is 2.42 bits per heavy atom. The summed E-state index contributed by atoms with van der Waals surface area (Å²) in [5, 5.41) is 0. The van der Waals surface area contributed by atoms with Crippen LogP contribution in [0.1, 0.15) is 68.2 Å². The molecule has 2 fully saturated rings. The lowest BCUT2D eigenvalue weighted by atomic mass is 9.63. The Labute approximate surface area is 219 Å². The number of amides is 1. The molecule has 8 heteroatoms. The molecule has 204 valence electrons. The molecule has 1 unspecified atom stereocenters. The van der Waals surface area contributed by atoms with Gasteiger partial charge in [-0.05, 0) is 79.3 Å². The second kappa shape index (κ2) is 9.45. The van der Waals surface area contributed by atoms with Gasteiger partial charge in [0.1, 0.15) is 11.6 Å².